The Bertz CT molecular complexity index is 817. The third kappa shape index (κ3) is 8.43. The molecule has 8 heteroatoms. The third-order valence-corrected chi connectivity index (χ3v) is 5.93. The van der Waals surface area contributed by atoms with Crippen molar-refractivity contribution < 1.29 is 13.2 Å². The lowest BCUT2D eigenvalue weighted by Gasteiger charge is -2.25. The Hall–Kier alpha value is -2.09. The molecule has 2 N–H and O–H groups in total. The molecule has 0 saturated carbocycles. The van der Waals surface area contributed by atoms with Gasteiger partial charge in [0.15, 0.2) is 15.8 Å². The van der Waals surface area contributed by atoms with E-state index >= 15 is 0 Å². The van der Waals surface area contributed by atoms with E-state index in [0.717, 1.165) is 5.56 Å². The molecule has 1 aromatic rings. The summed E-state index contributed by atoms with van der Waals surface area (Å²) >= 11 is 0. The average Bonchev–Trinajstić information content (AvgIpc) is 2.56. The maximum Gasteiger partial charge on any atom is 0.240 e. The van der Waals surface area contributed by atoms with E-state index in [-0.39, 0.29) is 35.7 Å². The summed E-state index contributed by atoms with van der Waals surface area (Å²) in [7, 11) is -0.0836. The predicted molar refractivity (Wildman–Crippen MR) is 119 cm³/mol. The van der Waals surface area contributed by atoms with Crippen LogP contribution in [-0.4, -0.2) is 63.7 Å². The van der Waals surface area contributed by atoms with Crippen molar-refractivity contribution >= 4 is 21.7 Å². The van der Waals surface area contributed by atoms with Crippen LogP contribution in [-0.2, 0) is 20.0 Å². The fraction of sp³-hybridized carbons (Fsp3) is 0.619. The summed E-state index contributed by atoms with van der Waals surface area (Å²) in [4.78, 5) is 18.2. The fourth-order valence-electron chi connectivity index (χ4n) is 2.71. The van der Waals surface area contributed by atoms with Gasteiger partial charge in [-0.1, -0.05) is 32.9 Å². The number of hydrogen-bond donors (Lipinski definition) is 2. The molecule has 7 nitrogen and oxygen atoms in total. The summed E-state index contributed by atoms with van der Waals surface area (Å²) < 4.78 is 25.2. The predicted octanol–water partition coefficient (Wildman–Crippen LogP) is 2.18. The first-order chi connectivity index (χ1) is 13.2. The first-order valence-electron chi connectivity index (χ1n) is 9.72. The lowest BCUT2D eigenvalue weighted by Crippen LogP contribution is -2.49. The number of nitrogens with zero attached hydrogens (tertiary/aromatic N) is 2. The molecule has 0 aromatic heterocycles. The average molecular weight is 425 g/mol. The topological polar surface area (TPSA) is 90.9 Å². The molecule has 0 aliphatic heterocycles. The number of aliphatic imine (C=N–C) groups is 1. The van der Waals surface area contributed by atoms with E-state index in [0.29, 0.717) is 10.9 Å². The minimum Gasteiger partial charge on any atom is -0.355 e. The van der Waals surface area contributed by atoms with Gasteiger partial charge in [0, 0.05) is 26.2 Å². The molecule has 0 aliphatic rings. The summed E-state index contributed by atoms with van der Waals surface area (Å²) in [6.45, 7) is 12.3. The van der Waals surface area contributed by atoms with Gasteiger partial charge in [0.25, 0.3) is 0 Å². The number of likely N-dealkylation sites (N-methyl/N-ethyl adjacent to an activating group) is 1. The SMILES string of the molecule is CN=C(NCCS(=O)(=O)c1ccc(C(C)(C)C)cc1)N(C)CC(=O)NC(C)(C)C. The van der Waals surface area contributed by atoms with Gasteiger partial charge in [0.05, 0.1) is 17.2 Å². The number of sulfone groups is 1. The fourth-order valence-corrected chi connectivity index (χ4v) is 3.87. The Morgan fingerprint density at radius 1 is 1.07 bits per heavy atom. The number of carbonyl (C=O) groups excluding carboxylic acids is 1. The number of nitrogens with one attached hydrogen (secondary N) is 2. The van der Waals surface area contributed by atoms with Gasteiger partial charge in [-0.25, -0.2) is 8.42 Å². The van der Waals surface area contributed by atoms with Crippen molar-refractivity contribution in [1.29, 1.82) is 0 Å². The van der Waals surface area contributed by atoms with Crippen molar-refractivity contribution in [1.82, 2.24) is 15.5 Å². The van der Waals surface area contributed by atoms with Crippen LogP contribution in [0, 0.1) is 0 Å². The summed E-state index contributed by atoms with van der Waals surface area (Å²) in [6, 6.07) is 7.04. The number of rotatable bonds is 6. The van der Waals surface area contributed by atoms with Gasteiger partial charge in [-0.15, -0.1) is 0 Å². The molecule has 1 amide bonds. The van der Waals surface area contributed by atoms with Crippen molar-refractivity contribution in [3.63, 3.8) is 0 Å². The monoisotopic (exact) mass is 424 g/mol. The van der Waals surface area contributed by atoms with Crippen molar-refractivity contribution in [2.24, 2.45) is 4.99 Å². The number of amides is 1. The molecule has 1 rings (SSSR count). The number of guanidine groups is 1. The first-order valence-corrected chi connectivity index (χ1v) is 11.4. The molecule has 0 bridgehead atoms. The normalized spacial score (nSPS) is 13.2. The Morgan fingerprint density at radius 3 is 2.07 bits per heavy atom. The highest BCUT2D eigenvalue weighted by Crippen LogP contribution is 2.23. The molecule has 0 fully saturated rings. The highest BCUT2D eigenvalue weighted by molar-refractivity contribution is 7.91. The zero-order valence-corrected chi connectivity index (χ0v) is 19.8. The molecule has 0 atom stereocenters. The second kappa shape index (κ2) is 9.61. The number of benzene rings is 1. The molecule has 0 saturated heterocycles. The molecule has 29 heavy (non-hydrogen) atoms. The summed E-state index contributed by atoms with van der Waals surface area (Å²) in [5.74, 6) is 0.268. The van der Waals surface area contributed by atoms with Gasteiger partial charge >= 0.3 is 0 Å². The quantitative estimate of drug-likeness (QED) is 0.540. The first kappa shape index (κ1) is 24.9. The van der Waals surface area contributed by atoms with Gasteiger partial charge in [0.2, 0.25) is 5.91 Å². The minimum atomic E-state index is -3.41. The van der Waals surface area contributed by atoms with Crippen molar-refractivity contribution in [2.45, 2.75) is 57.4 Å². The largest absolute Gasteiger partial charge is 0.355 e. The molecular weight excluding hydrogens is 388 g/mol. The van der Waals surface area contributed by atoms with Crippen molar-refractivity contribution in [2.75, 3.05) is 32.9 Å². The molecule has 0 heterocycles. The second-order valence-electron chi connectivity index (χ2n) is 9.22. The number of hydrogen-bond acceptors (Lipinski definition) is 4. The Kier molecular flexibility index (Phi) is 8.26. The van der Waals surface area contributed by atoms with Crippen molar-refractivity contribution in [3.8, 4) is 0 Å². The van der Waals surface area contributed by atoms with Crippen LogP contribution >= 0.6 is 0 Å². The van der Waals surface area contributed by atoms with Crippen LogP contribution in [0.1, 0.15) is 47.1 Å². The second-order valence-corrected chi connectivity index (χ2v) is 11.3. The Morgan fingerprint density at radius 2 is 1.62 bits per heavy atom. The number of carbonyl (C=O) groups is 1. The van der Waals surface area contributed by atoms with E-state index in [9.17, 15) is 13.2 Å². The van der Waals surface area contributed by atoms with E-state index in [4.69, 9.17) is 0 Å². The minimum absolute atomic E-state index is 0.0276. The summed E-state index contributed by atoms with van der Waals surface area (Å²) in [5, 5.41) is 5.90. The smallest absolute Gasteiger partial charge is 0.240 e. The molecule has 0 aliphatic carbocycles. The summed E-state index contributed by atoms with van der Waals surface area (Å²) in [5.41, 5.74) is 0.747. The highest BCUT2D eigenvalue weighted by Gasteiger charge is 2.19. The van der Waals surface area contributed by atoms with Gasteiger partial charge in [-0.2, -0.15) is 0 Å². The van der Waals surface area contributed by atoms with E-state index in [2.05, 4.69) is 36.4 Å². The standard InChI is InChI=1S/C21H36N4O3S/c1-20(2,3)16-9-11-17(12-10-16)29(27,28)14-13-23-19(22-7)25(8)15-18(26)24-21(4,5)6/h9-12H,13-15H2,1-8H3,(H,22,23)(H,24,26). The molecule has 0 unspecified atom stereocenters. The van der Waals surface area contributed by atoms with E-state index in [1.807, 2.05) is 32.9 Å². The van der Waals surface area contributed by atoms with Gasteiger partial charge in [0.1, 0.15) is 0 Å². The van der Waals surface area contributed by atoms with Crippen LogP contribution in [0.3, 0.4) is 0 Å². The Balaban J connectivity index is 2.66. The summed E-state index contributed by atoms with van der Waals surface area (Å²) in [6.07, 6.45) is 0. The van der Waals surface area contributed by atoms with Crippen molar-refractivity contribution in [3.05, 3.63) is 29.8 Å². The molecule has 0 radical (unpaired) electrons. The van der Waals surface area contributed by atoms with Gasteiger partial charge in [-0.05, 0) is 43.9 Å². The van der Waals surface area contributed by atoms with Crippen LogP contribution in [0.4, 0.5) is 0 Å². The van der Waals surface area contributed by atoms with Crippen LogP contribution in [0.2, 0.25) is 0 Å². The van der Waals surface area contributed by atoms with E-state index in [1.54, 1.807) is 31.1 Å². The van der Waals surface area contributed by atoms with Gasteiger partial charge < -0.3 is 15.5 Å². The molecular formula is C21H36N4O3S. The van der Waals surface area contributed by atoms with E-state index < -0.39 is 9.84 Å². The zero-order chi connectivity index (χ0) is 22.5. The van der Waals surface area contributed by atoms with Crippen LogP contribution < -0.4 is 10.6 Å². The lowest BCUT2D eigenvalue weighted by molar-refractivity contribution is -0.122. The maximum atomic E-state index is 12.6. The lowest BCUT2D eigenvalue weighted by atomic mass is 9.87. The molecule has 164 valence electrons. The van der Waals surface area contributed by atoms with Crippen LogP contribution in [0.15, 0.2) is 34.2 Å². The van der Waals surface area contributed by atoms with Gasteiger partial charge in [-0.3, -0.25) is 9.79 Å². The third-order valence-electron chi connectivity index (χ3n) is 4.20. The van der Waals surface area contributed by atoms with E-state index in [1.165, 1.54) is 0 Å². The Labute approximate surface area is 175 Å². The molecule has 1 aromatic carbocycles. The maximum absolute atomic E-state index is 12.6. The highest BCUT2D eigenvalue weighted by atomic mass is 32.2. The van der Waals surface area contributed by atoms with Crippen LogP contribution in [0.25, 0.3) is 0 Å². The zero-order valence-electron chi connectivity index (χ0n) is 19.0. The molecule has 0 spiro atoms. The van der Waals surface area contributed by atoms with Crippen LogP contribution in [0.5, 0.6) is 0 Å².